The fourth-order valence-corrected chi connectivity index (χ4v) is 2.46. The number of nitrogens with one attached hydrogen (secondary N) is 1. The maximum atomic E-state index is 12.2. The molecule has 1 amide bonds. The van der Waals surface area contributed by atoms with E-state index in [-0.39, 0.29) is 11.9 Å². The van der Waals surface area contributed by atoms with Crippen LogP contribution in [0.2, 0.25) is 5.02 Å². The van der Waals surface area contributed by atoms with Crippen LogP contribution in [0, 0.1) is 5.92 Å². The van der Waals surface area contributed by atoms with E-state index in [2.05, 4.69) is 5.32 Å². The molecule has 5 nitrogen and oxygen atoms in total. The highest BCUT2D eigenvalue weighted by Gasteiger charge is 2.28. The summed E-state index contributed by atoms with van der Waals surface area (Å²) >= 11 is 6.21. The van der Waals surface area contributed by atoms with Crippen LogP contribution in [0.4, 0.5) is 0 Å². The Hall–Kier alpha value is -1.46. The molecular weight excluding hydrogens is 304 g/mol. The summed E-state index contributed by atoms with van der Waals surface area (Å²) in [4.78, 5) is 12.2. The zero-order valence-electron chi connectivity index (χ0n) is 13.0. The predicted molar refractivity (Wildman–Crippen MR) is 86.8 cm³/mol. The fraction of sp³-hybridized carbons (Fsp3) is 0.562. The van der Waals surface area contributed by atoms with Gasteiger partial charge < -0.3 is 20.5 Å². The van der Waals surface area contributed by atoms with Crippen molar-refractivity contribution < 1.29 is 14.3 Å². The molecule has 0 saturated heterocycles. The molecule has 0 heterocycles. The molecule has 1 aliphatic rings. The van der Waals surface area contributed by atoms with E-state index < -0.39 is 0 Å². The van der Waals surface area contributed by atoms with Gasteiger partial charge in [0.1, 0.15) is 0 Å². The molecule has 1 fully saturated rings. The zero-order valence-corrected chi connectivity index (χ0v) is 13.8. The minimum absolute atomic E-state index is 0.0217. The van der Waals surface area contributed by atoms with Crippen LogP contribution in [-0.4, -0.2) is 32.2 Å². The Bertz CT molecular complexity index is 532. The van der Waals surface area contributed by atoms with Crippen molar-refractivity contribution in [2.75, 3.05) is 20.3 Å². The molecule has 0 aliphatic heterocycles. The second-order valence-electron chi connectivity index (χ2n) is 5.55. The number of carbonyl (C=O) groups excluding carboxylic acids is 1. The highest BCUT2D eigenvalue weighted by Crippen LogP contribution is 2.36. The molecule has 1 aromatic carbocycles. The number of rotatable bonds is 8. The summed E-state index contributed by atoms with van der Waals surface area (Å²) in [6.07, 6.45) is 3.17. The molecule has 1 aliphatic carbocycles. The Labute approximate surface area is 136 Å². The highest BCUT2D eigenvalue weighted by molar-refractivity contribution is 6.32. The first kappa shape index (κ1) is 16.9. The third kappa shape index (κ3) is 4.27. The van der Waals surface area contributed by atoms with E-state index in [1.807, 2.05) is 6.92 Å². The monoisotopic (exact) mass is 326 g/mol. The van der Waals surface area contributed by atoms with Gasteiger partial charge in [-0.3, -0.25) is 4.79 Å². The topological polar surface area (TPSA) is 73.6 Å². The van der Waals surface area contributed by atoms with Gasteiger partial charge >= 0.3 is 0 Å². The molecule has 1 saturated carbocycles. The number of methoxy groups -OCH3 is 1. The number of ether oxygens (including phenoxy) is 2. The van der Waals surface area contributed by atoms with Gasteiger partial charge in [-0.1, -0.05) is 18.5 Å². The molecule has 22 heavy (non-hydrogen) atoms. The standard InChI is InChI=1S/C16H23ClN2O3/c1-3-6-22-15-12(17)7-11(8-14(15)21-2)16(20)19-9-13(18)10-4-5-10/h7-8,10,13H,3-6,9,18H2,1-2H3,(H,19,20). The lowest BCUT2D eigenvalue weighted by molar-refractivity contribution is 0.0950. The molecule has 122 valence electrons. The van der Waals surface area contributed by atoms with Crippen LogP contribution in [-0.2, 0) is 0 Å². The summed E-state index contributed by atoms with van der Waals surface area (Å²) in [5.41, 5.74) is 6.42. The average Bonchev–Trinajstić information content (AvgIpc) is 3.35. The van der Waals surface area contributed by atoms with Crippen molar-refractivity contribution in [2.45, 2.75) is 32.2 Å². The largest absolute Gasteiger partial charge is 0.493 e. The third-order valence-corrected chi connectivity index (χ3v) is 3.95. The number of nitrogens with two attached hydrogens (primary N) is 1. The molecule has 2 rings (SSSR count). The summed E-state index contributed by atoms with van der Waals surface area (Å²) in [6, 6.07) is 3.25. The second kappa shape index (κ2) is 7.70. The van der Waals surface area contributed by atoms with E-state index in [4.69, 9.17) is 26.8 Å². The van der Waals surface area contributed by atoms with Crippen LogP contribution in [0.5, 0.6) is 11.5 Å². The average molecular weight is 327 g/mol. The van der Waals surface area contributed by atoms with E-state index in [9.17, 15) is 4.79 Å². The van der Waals surface area contributed by atoms with E-state index in [1.54, 1.807) is 12.1 Å². The molecule has 6 heteroatoms. The summed E-state index contributed by atoms with van der Waals surface area (Å²) in [5, 5.41) is 3.21. The number of carbonyl (C=O) groups is 1. The van der Waals surface area contributed by atoms with Crippen molar-refractivity contribution in [3.05, 3.63) is 22.7 Å². The predicted octanol–water partition coefficient (Wildman–Crippen LogP) is 2.60. The number of hydrogen-bond acceptors (Lipinski definition) is 4. The first-order chi connectivity index (χ1) is 10.6. The number of amides is 1. The van der Waals surface area contributed by atoms with Crippen molar-refractivity contribution in [3.63, 3.8) is 0 Å². The molecular formula is C16H23ClN2O3. The third-order valence-electron chi connectivity index (χ3n) is 3.67. The number of hydrogen-bond donors (Lipinski definition) is 2. The van der Waals surface area contributed by atoms with Gasteiger partial charge in [-0.15, -0.1) is 0 Å². The van der Waals surface area contributed by atoms with Crippen LogP contribution < -0.4 is 20.5 Å². The van der Waals surface area contributed by atoms with E-state index >= 15 is 0 Å². The van der Waals surface area contributed by atoms with Crippen LogP contribution in [0.1, 0.15) is 36.5 Å². The molecule has 0 radical (unpaired) electrons. The van der Waals surface area contributed by atoms with Gasteiger partial charge in [-0.25, -0.2) is 0 Å². The van der Waals surface area contributed by atoms with Gasteiger partial charge in [0.15, 0.2) is 11.5 Å². The lowest BCUT2D eigenvalue weighted by atomic mass is 10.1. The second-order valence-corrected chi connectivity index (χ2v) is 5.96. The number of benzene rings is 1. The van der Waals surface area contributed by atoms with Gasteiger partial charge in [-0.2, -0.15) is 0 Å². The van der Waals surface area contributed by atoms with Crippen LogP contribution in [0.25, 0.3) is 0 Å². The Kier molecular flexibility index (Phi) is 5.91. The van der Waals surface area contributed by atoms with E-state index in [0.29, 0.717) is 41.2 Å². The molecule has 1 atom stereocenters. The molecule has 0 aromatic heterocycles. The zero-order chi connectivity index (χ0) is 16.1. The molecule has 3 N–H and O–H groups in total. The molecule has 1 unspecified atom stereocenters. The van der Waals surface area contributed by atoms with Gasteiger partial charge in [0.2, 0.25) is 0 Å². The van der Waals surface area contributed by atoms with Crippen molar-refractivity contribution >= 4 is 17.5 Å². The van der Waals surface area contributed by atoms with Crippen LogP contribution in [0.3, 0.4) is 0 Å². The van der Waals surface area contributed by atoms with E-state index in [1.165, 1.54) is 7.11 Å². The Morgan fingerprint density at radius 1 is 1.50 bits per heavy atom. The summed E-state index contributed by atoms with van der Waals surface area (Å²) in [7, 11) is 1.52. The maximum absolute atomic E-state index is 12.2. The van der Waals surface area contributed by atoms with Gasteiger partial charge in [0, 0.05) is 18.2 Å². The van der Waals surface area contributed by atoms with Crippen molar-refractivity contribution in [3.8, 4) is 11.5 Å². The normalized spacial score (nSPS) is 15.3. The quantitative estimate of drug-likeness (QED) is 0.770. The lowest BCUT2D eigenvalue weighted by Gasteiger charge is -2.15. The highest BCUT2D eigenvalue weighted by atomic mass is 35.5. The Morgan fingerprint density at radius 2 is 2.23 bits per heavy atom. The SMILES string of the molecule is CCCOc1c(Cl)cc(C(=O)NCC(N)C2CC2)cc1OC. The van der Waals surface area contributed by atoms with Crippen molar-refractivity contribution in [1.82, 2.24) is 5.32 Å². The first-order valence-electron chi connectivity index (χ1n) is 7.61. The first-order valence-corrected chi connectivity index (χ1v) is 7.98. The summed E-state index contributed by atoms with van der Waals surface area (Å²) in [5.74, 6) is 1.26. The number of halogens is 1. The molecule has 0 spiro atoms. The maximum Gasteiger partial charge on any atom is 0.251 e. The minimum Gasteiger partial charge on any atom is -0.493 e. The van der Waals surface area contributed by atoms with Crippen molar-refractivity contribution in [2.24, 2.45) is 11.7 Å². The van der Waals surface area contributed by atoms with Gasteiger partial charge in [0.25, 0.3) is 5.91 Å². The fourth-order valence-electron chi connectivity index (χ4n) is 2.20. The van der Waals surface area contributed by atoms with Crippen LogP contribution >= 0.6 is 11.6 Å². The molecule has 0 bridgehead atoms. The van der Waals surface area contributed by atoms with Crippen LogP contribution in [0.15, 0.2) is 12.1 Å². The smallest absolute Gasteiger partial charge is 0.251 e. The summed E-state index contributed by atoms with van der Waals surface area (Å²) < 4.78 is 10.8. The Balaban J connectivity index is 2.06. The van der Waals surface area contributed by atoms with Crippen molar-refractivity contribution in [1.29, 1.82) is 0 Å². The molecule has 1 aromatic rings. The van der Waals surface area contributed by atoms with Gasteiger partial charge in [0.05, 0.1) is 18.7 Å². The van der Waals surface area contributed by atoms with E-state index in [0.717, 1.165) is 19.3 Å². The van der Waals surface area contributed by atoms with Gasteiger partial charge in [-0.05, 0) is 37.3 Å². The minimum atomic E-state index is -0.210. The summed E-state index contributed by atoms with van der Waals surface area (Å²) in [6.45, 7) is 3.01. The lowest BCUT2D eigenvalue weighted by Crippen LogP contribution is -2.38. The Morgan fingerprint density at radius 3 is 2.82 bits per heavy atom.